The van der Waals surface area contributed by atoms with Crippen LogP contribution in [0.15, 0.2) is 18.2 Å². The first kappa shape index (κ1) is 11.7. The lowest BCUT2D eigenvalue weighted by Gasteiger charge is -2.16. The molecule has 17 heavy (non-hydrogen) atoms. The SMILES string of the molecule is C[C@H](O)CN(O)C(=O)c1ccc2c(c1)OCO2. The Kier molecular flexibility index (Phi) is 3.16. The van der Waals surface area contributed by atoms with E-state index in [0.29, 0.717) is 16.6 Å². The number of rotatable bonds is 3. The van der Waals surface area contributed by atoms with Crippen molar-refractivity contribution in [1.29, 1.82) is 0 Å². The lowest BCUT2D eigenvalue weighted by atomic mass is 10.2. The van der Waals surface area contributed by atoms with Crippen LogP contribution in [0.1, 0.15) is 17.3 Å². The molecule has 0 unspecified atom stereocenters. The quantitative estimate of drug-likeness (QED) is 0.597. The summed E-state index contributed by atoms with van der Waals surface area (Å²) in [5, 5.41) is 19.0. The molecule has 6 heteroatoms. The highest BCUT2D eigenvalue weighted by molar-refractivity contribution is 5.94. The topological polar surface area (TPSA) is 79.2 Å². The number of hydroxylamine groups is 2. The van der Waals surface area contributed by atoms with Gasteiger partial charge in [-0.25, -0.2) is 5.06 Å². The van der Waals surface area contributed by atoms with Crippen LogP contribution in [-0.4, -0.2) is 40.7 Å². The second-order valence-electron chi connectivity index (χ2n) is 3.80. The van der Waals surface area contributed by atoms with Crippen molar-refractivity contribution in [1.82, 2.24) is 5.06 Å². The summed E-state index contributed by atoms with van der Waals surface area (Å²) in [5.41, 5.74) is 0.275. The Bertz CT molecular complexity index is 432. The fourth-order valence-corrected chi connectivity index (χ4v) is 1.51. The van der Waals surface area contributed by atoms with Gasteiger partial charge in [0, 0.05) is 5.56 Å². The van der Waals surface area contributed by atoms with Crippen molar-refractivity contribution in [2.75, 3.05) is 13.3 Å². The minimum atomic E-state index is -0.794. The van der Waals surface area contributed by atoms with Crippen LogP contribution in [0.5, 0.6) is 11.5 Å². The number of carbonyl (C=O) groups excluding carboxylic acids is 1. The number of amides is 1. The van der Waals surface area contributed by atoms with E-state index in [9.17, 15) is 10.0 Å². The molecule has 2 rings (SSSR count). The predicted molar refractivity (Wildman–Crippen MR) is 57.1 cm³/mol. The molecule has 0 saturated carbocycles. The predicted octanol–water partition coefficient (Wildman–Crippen LogP) is 0.628. The van der Waals surface area contributed by atoms with E-state index in [4.69, 9.17) is 14.6 Å². The lowest BCUT2D eigenvalue weighted by Crippen LogP contribution is -2.33. The standard InChI is InChI=1S/C11H13NO5/c1-7(13)5-12(15)11(14)8-2-3-9-10(4-8)17-6-16-9/h2-4,7,13,15H,5-6H2,1H3/t7-/m0/s1. The third-order valence-electron chi connectivity index (χ3n) is 2.29. The van der Waals surface area contributed by atoms with Crippen molar-refractivity contribution in [3.63, 3.8) is 0 Å². The van der Waals surface area contributed by atoms with Gasteiger partial charge in [0.1, 0.15) is 0 Å². The fourth-order valence-electron chi connectivity index (χ4n) is 1.51. The highest BCUT2D eigenvalue weighted by atomic mass is 16.7. The first-order valence-electron chi connectivity index (χ1n) is 5.16. The van der Waals surface area contributed by atoms with Crippen LogP contribution in [0, 0.1) is 0 Å². The molecular formula is C11H13NO5. The summed E-state index contributed by atoms with van der Waals surface area (Å²) in [6, 6.07) is 4.63. The van der Waals surface area contributed by atoms with Gasteiger partial charge in [0.2, 0.25) is 6.79 Å². The third kappa shape index (κ3) is 2.48. The Balaban J connectivity index is 2.14. The van der Waals surface area contributed by atoms with Crippen LogP contribution in [0.25, 0.3) is 0 Å². The Morgan fingerprint density at radius 2 is 2.18 bits per heavy atom. The normalized spacial score (nSPS) is 14.5. The van der Waals surface area contributed by atoms with E-state index in [2.05, 4.69) is 0 Å². The molecule has 1 amide bonds. The van der Waals surface area contributed by atoms with Gasteiger partial charge in [-0.2, -0.15) is 0 Å². The van der Waals surface area contributed by atoms with Gasteiger partial charge in [-0.3, -0.25) is 10.0 Å². The number of nitrogens with zero attached hydrogens (tertiary/aromatic N) is 1. The van der Waals surface area contributed by atoms with Crippen molar-refractivity contribution in [3.8, 4) is 11.5 Å². The molecule has 6 nitrogen and oxygen atoms in total. The smallest absolute Gasteiger partial charge is 0.277 e. The Labute approximate surface area is 97.9 Å². The molecule has 1 aromatic rings. The molecule has 0 spiro atoms. The second kappa shape index (κ2) is 4.60. The molecule has 1 aliphatic heterocycles. The van der Waals surface area contributed by atoms with Crippen molar-refractivity contribution in [3.05, 3.63) is 23.8 Å². The van der Waals surface area contributed by atoms with E-state index in [-0.39, 0.29) is 18.9 Å². The zero-order valence-corrected chi connectivity index (χ0v) is 9.29. The number of ether oxygens (including phenoxy) is 2. The van der Waals surface area contributed by atoms with Crippen LogP contribution >= 0.6 is 0 Å². The Morgan fingerprint density at radius 3 is 2.88 bits per heavy atom. The van der Waals surface area contributed by atoms with Crippen molar-refractivity contribution >= 4 is 5.91 Å². The second-order valence-corrected chi connectivity index (χ2v) is 3.80. The fraction of sp³-hybridized carbons (Fsp3) is 0.364. The zero-order chi connectivity index (χ0) is 12.4. The number of carbonyl (C=O) groups is 1. The lowest BCUT2D eigenvalue weighted by molar-refractivity contribution is -0.0769. The molecule has 1 atom stereocenters. The molecule has 0 aromatic heterocycles. The summed E-state index contributed by atoms with van der Waals surface area (Å²) >= 11 is 0. The molecule has 0 saturated heterocycles. The first-order valence-corrected chi connectivity index (χ1v) is 5.16. The number of fused-ring (bicyclic) bond motifs is 1. The minimum Gasteiger partial charge on any atom is -0.454 e. The zero-order valence-electron chi connectivity index (χ0n) is 9.29. The maximum atomic E-state index is 11.7. The van der Waals surface area contributed by atoms with Crippen molar-refractivity contribution < 1.29 is 24.6 Å². The molecule has 92 valence electrons. The molecule has 1 aromatic carbocycles. The average Bonchev–Trinajstić information content (AvgIpc) is 2.73. The van der Waals surface area contributed by atoms with E-state index >= 15 is 0 Å². The number of hydrogen-bond acceptors (Lipinski definition) is 5. The van der Waals surface area contributed by atoms with Crippen LogP contribution in [0.2, 0.25) is 0 Å². The summed E-state index contributed by atoms with van der Waals surface area (Å²) in [5.74, 6) is 0.451. The van der Waals surface area contributed by atoms with E-state index in [1.165, 1.54) is 19.1 Å². The summed E-state index contributed by atoms with van der Waals surface area (Å²) < 4.78 is 10.2. The molecule has 0 radical (unpaired) electrons. The van der Waals surface area contributed by atoms with Crippen LogP contribution in [-0.2, 0) is 0 Å². The molecule has 0 aliphatic carbocycles. The molecular weight excluding hydrogens is 226 g/mol. The summed E-state index contributed by atoms with van der Waals surface area (Å²) in [4.78, 5) is 11.7. The largest absolute Gasteiger partial charge is 0.454 e. The van der Waals surface area contributed by atoms with Crippen LogP contribution in [0.4, 0.5) is 0 Å². The van der Waals surface area contributed by atoms with Crippen LogP contribution in [0.3, 0.4) is 0 Å². The third-order valence-corrected chi connectivity index (χ3v) is 2.29. The number of benzene rings is 1. The van der Waals surface area contributed by atoms with E-state index in [1.807, 2.05) is 0 Å². The Morgan fingerprint density at radius 1 is 1.47 bits per heavy atom. The minimum absolute atomic E-state index is 0.128. The van der Waals surface area contributed by atoms with Gasteiger partial charge >= 0.3 is 0 Å². The molecule has 0 bridgehead atoms. The van der Waals surface area contributed by atoms with Gasteiger partial charge in [0.25, 0.3) is 5.91 Å². The highest BCUT2D eigenvalue weighted by Gasteiger charge is 2.20. The van der Waals surface area contributed by atoms with Gasteiger partial charge in [0.05, 0.1) is 12.6 Å². The monoisotopic (exact) mass is 239 g/mol. The summed E-state index contributed by atoms with van der Waals surface area (Å²) in [6.45, 7) is 1.47. The number of aliphatic hydroxyl groups excluding tert-OH is 1. The molecule has 0 fully saturated rings. The van der Waals surface area contributed by atoms with E-state index in [0.717, 1.165) is 0 Å². The summed E-state index contributed by atoms with van der Waals surface area (Å²) in [7, 11) is 0. The van der Waals surface area contributed by atoms with Crippen molar-refractivity contribution in [2.24, 2.45) is 0 Å². The highest BCUT2D eigenvalue weighted by Crippen LogP contribution is 2.32. The first-order chi connectivity index (χ1) is 8.08. The van der Waals surface area contributed by atoms with Crippen LogP contribution < -0.4 is 9.47 Å². The van der Waals surface area contributed by atoms with Crippen molar-refractivity contribution in [2.45, 2.75) is 13.0 Å². The summed E-state index contributed by atoms with van der Waals surface area (Å²) in [6.07, 6.45) is -0.794. The van der Waals surface area contributed by atoms with Gasteiger partial charge < -0.3 is 14.6 Å². The number of aliphatic hydroxyl groups is 1. The molecule has 1 heterocycles. The van der Waals surface area contributed by atoms with E-state index < -0.39 is 12.0 Å². The Hall–Kier alpha value is -1.79. The van der Waals surface area contributed by atoms with E-state index in [1.54, 1.807) is 6.07 Å². The maximum Gasteiger partial charge on any atom is 0.277 e. The van der Waals surface area contributed by atoms with Gasteiger partial charge in [0.15, 0.2) is 11.5 Å². The number of hydrogen-bond donors (Lipinski definition) is 2. The van der Waals surface area contributed by atoms with Gasteiger partial charge in [-0.15, -0.1) is 0 Å². The molecule has 2 N–H and O–H groups in total. The van der Waals surface area contributed by atoms with Gasteiger partial charge in [-0.1, -0.05) is 0 Å². The average molecular weight is 239 g/mol. The molecule has 1 aliphatic rings. The van der Waals surface area contributed by atoms with Gasteiger partial charge in [-0.05, 0) is 25.1 Å². The maximum absolute atomic E-state index is 11.7.